The molecule has 8 heteroatoms. The van der Waals surface area contributed by atoms with Gasteiger partial charge in [-0.1, -0.05) is 19.1 Å². The summed E-state index contributed by atoms with van der Waals surface area (Å²) in [6.07, 6.45) is 2.36. The summed E-state index contributed by atoms with van der Waals surface area (Å²) in [6.45, 7) is 5.19. The lowest BCUT2D eigenvalue weighted by atomic mass is 9.93. The monoisotopic (exact) mass is 419 g/mol. The molecular formula is C20H21NO5S2. The molecule has 0 amide bonds. The van der Waals surface area contributed by atoms with Gasteiger partial charge < -0.3 is 4.74 Å². The Hall–Kier alpha value is -2.32. The maximum absolute atomic E-state index is 12.9. The minimum Gasteiger partial charge on any atom is -0.477 e. The first-order valence-corrected chi connectivity index (χ1v) is 11.9. The van der Waals surface area contributed by atoms with Gasteiger partial charge in [0.05, 0.1) is 21.3 Å². The van der Waals surface area contributed by atoms with Crippen LogP contribution in [0, 0.1) is 0 Å². The van der Waals surface area contributed by atoms with Crippen LogP contribution < -0.4 is 0 Å². The molecule has 0 saturated carbocycles. The second kappa shape index (κ2) is 7.25. The number of hydrogen-bond donors (Lipinski definition) is 0. The quantitative estimate of drug-likeness (QED) is 0.740. The van der Waals surface area contributed by atoms with Crippen LogP contribution in [-0.4, -0.2) is 41.0 Å². The Kier molecular flexibility index (Phi) is 5.29. The molecule has 1 aromatic carbocycles. The van der Waals surface area contributed by atoms with Gasteiger partial charge in [0.1, 0.15) is 5.69 Å². The van der Waals surface area contributed by atoms with Crippen LogP contribution in [-0.2, 0) is 30.2 Å². The number of ketones is 1. The van der Waals surface area contributed by atoms with E-state index in [9.17, 15) is 17.4 Å². The highest BCUT2D eigenvalue weighted by Crippen LogP contribution is 2.40. The van der Waals surface area contributed by atoms with Crippen molar-refractivity contribution in [1.29, 1.82) is 0 Å². The molecule has 6 nitrogen and oxygen atoms in total. The molecule has 1 aliphatic rings. The van der Waals surface area contributed by atoms with E-state index in [4.69, 9.17) is 4.74 Å². The average Bonchev–Trinajstić information content (AvgIpc) is 2.90. The van der Waals surface area contributed by atoms with E-state index in [1.807, 2.05) is 6.92 Å². The van der Waals surface area contributed by atoms with Crippen LogP contribution in [0.3, 0.4) is 0 Å². The van der Waals surface area contributed by atoms with Crippen molar-refractivity contribution in [2.45, 2.75) is 36.2 Å². The number of hydrogen-bond acceptors (Lipinski definition) is 6. The maximum Gasteiger partial charge on any atom is 0.210 e. The molecule has 1 aliphatic heterocycles. The predicted molar refractivity (Wildman–Crippen MR) is 108 cm³/mol. The number of carbonyl (C=O) groups is 1. The van der Waals surface area contributed by atoms with Crippen molar-refractivity contribution in [3.05, 3.63) is 53.9 Å². The number of benzene rings is 1. The lowest BCUT2D eigenvalue weighted by Crippen LogP contribution is -2.29. The molecule has 1 aromatic heterocycles. The normalized spacial score (nSPS) is 17.5. The standard InChI is InChI=1S/C20H21NO5S2/c1-5-27(23)14-8-6-13(7-9-14)17-18(26-20(2,3)19(17)22)16-11-10-15(12-21-16)28(4,24)25/h6-12H,5H2,1-4H3. The molecule has 1 atom stereocenters. The first kappa shape index (κ1) is 20.4. The summed E-state index contributed by atoms with van der Waals surface area (Å²) in [5.74, 6) is 0.624. The van der Waals surface area contributed by atoms with Crippen LogP contribution in [0.15, 0.2) is 52.4 Å². The summed E-state index contributed by atoms with van der Waals surface area (Å²) in [5.41, 5.74) is 0.324. The fourth-order valence-corrected chi connectivity index (χ4v) is 4.21. The predicted octanol–water partition coefficient (Wildman–Crippen LogP) is 2.86. The highest BCUT2D eigenvalue weighted by Gasteiger charge is 2.43. The molecule has 2 heterocycles. The number of nitrogens with zero attached hydrogens (tertiary/aromatic N) is 1. The van der Waals surface area contributed by atoms with Crippen molar-refractivity contribution < 1.29 is 22.2 Å². The SMILES string of the molecule is CCS(=O)c1ccc(C2=C(c3ccc(S(C)(=O)=O)cn3)OC(C)(C)C2=O)cc1. The number of pyridine rings is 1. The molecule has 0 spiro atoms. The average molecular weight is 420 g/mol. The van der Waals surface area contributed by atoms with E-state index in [-0.39, 0.29) is 10.7 Å². The fraction of sp³-hybridized carbons (Fsp3) is 0.300. The van der Waals surface area contributed by atoms with E-state index >= 15 is 0 Å². The first-order valence-electron chi connectivity index (χ1n) is 8.68. The number of rotatable bonds is 5. The third-order valence-electron chi connectivity index (χ3n) is 4.42. The zero-order valence-corrected chi connectivity index (χ0v) is 17.7. The summed E-state index contributed by atoms with van der Waals surface area (Å²) < 4.78 is 41.2. The molecule has 0 N–H and O–H groups in total. The van der Waals surface area contributed by atoms with Crippen molar-refractivity contribution in [2.75, 3.05) is 12.0 Å². The zero-order valence-electron chi connectivity index (χ0n) is 16.1. The lowest BCUT2D eigenvalue weighted by molar-refractivity contribution is -0.125. The van der Waals surface area contributed by atoms with E-state index in [1.165, 1.54) is 18.3 Å². The van der Waals surface area contributed by atoms with E-state index in [0.717, 1.165) is 6.26 Å². The van der Waals surface area contributed by atoms with Crippen LogP contribution in [0.5, 0.6) is 0 Å². The van der Waals surface area contributed by atoms with Crippen LogP contribution in [0.25, 0.3) is 11.3 Å². The van der Waals surface area contributed by atoms with Crippen molar-refractivity contribution in [2.24, 2.45) is 0 Å². The summed E-state index contributed by atoms with van der Waals surface area (Å²) in [5, 5.41) is 0. The highest BCUT2D eigenvalue weighted by atomic mass is 32.2. The van der Waals surface area contributed by atoms with E-state index < -0.39 is 26.2 Å². The van der Waals surface area contributed by atoms with Gasteiger partial charge >= 0.3 is 0 Å². The molecule has 28 heavy (non-hydrogen) atoms. The Bertz CT molecular complexity index is 1080. The van der Waals surface area contributed by atoms with Crippen LogP contribution in [0.2, 0.25) is 0 Å². The highest BCUT2D eigenvalue weighted by molar-refractivity contribution is 7.90. The van der Waals surface area contributed by atoms with Crippen molar-refractivity contribution in [1.82, 2.24) is 4.98 Å². The van der Waals surface area contributed by atoms with Gasteiger partial charge in [0.15, 0.2) is 21.2 Å². The van der Waals surface area contributed by atoms with Gasteiger partial charge in [0.25, 0.3) is 0 Å². The fourth-order valence-electron chi connectivity index (χ4n) is 2.87. The molecule has 0 radical (unpaired) electrons. The van der Waals surface area contributed by atoms with Gasteiger partial charge in [-0.2, -0.15) is 0 Å². The third kappa shape index (κ3) is 3.79. The number of Topliss-reactive ketones (excluding diaryl/α,β-unsaturated/α-hetero) is 1. The second-order valence-electron chi connectivity index (χ2n) is 6.96. The second-order valence-corrected chi connectivity index (χ2v) is 10.7. The molecule has 148 valence electrons. The lowest BCUT2D eigenvalue weighted by Gasteiger charge is -2.17. The molecule has 0 bridgehead atoms. The molecule has 0 saturated heterocycles. The van der Waals surface area contributed by atoms with Crippen molar-refractivity contribution >= 4 is 37.8 Å². The first-order chi connectivity index (χ1) is 13.0. The topological polar surface area (TPSA) is 90.4 Å². The number of aromatic nitrogens is 1. The molecule has 3 rings (SSSR count). The van der Waals surface area contributed by atoms with E-state index in [0.29, 0.717) is 33.2 Å². The van der Waals surface area contributed by atoms with Gasteiger partial charge in [0.2, 0.25) is 5.78 Å². The van der Waals surface area contributed by atoms with Gasteiger partial charge in [0, 0.05) is 23.1 Å². The van der Waals surface area contributed by atoms with Gasteiger partial charge in [-0.3, -0.25) is 14.0 Å². The van der Waals surface area contributed by atoms with Crippen molar-refractivity contribution in [3.63, 3.8) is 0 Å². The Morgan fingerprint density at radius 3 is 2.25 bits per heavy atom. The Morgan fingerprint density at radius 2 is 1.75 bits per heavy atom. The molecular weight excluding hydrogens is 398 g/mol. The zero-order chi connectivity index (χ0) is 20.7. The smallest absolute Gasteiger partial charge is 0.210 e. The van der Waals surface area contributed by atoms with Crippen molar-refractivity contribution in [3.8, 4) is 0 Å². The summed E-state index contributed by atoms with van der Waals surface area (Å²) in [6, 6.07) is 9.92. The Morgan fingerprint density at radius 1 is 1.11 bits per heavy atom. The number of sulfone groups is 1. The summed E-state index contributed by atoms with van der Waals surface area (Å²) >= 11 is 0. The van der Waals surface area contributed by atoms with Gasteiger partial charge in [-0.05, 0) is 43.7 Å². The number of carbonyl (C=O) groups excluding carboxylic acids is 1. The largest absolute Gasteiger partial charge is 0.477 e. The molecule has 2 aromatic rings. The van der Waals surface area contributed by atoms with Crippen LogP contribution >= 0.6 is 0 Å². The minimum absolute atomic E-state index is 0.0911. The molecule has 0 fully saturated rings. The summed E-state index contributed by atoms with van der Waals surface area (Å²) in [4.78, 5) is 17.9. The van der Waals surface area contributed by atoms with Gasteiger partial charge in [-0.15, -0.1) is 0 Å². The number of ether oxygens (including phenoxy) is 1. The summed E-state index contributed by atoms with van der Waals surface area (Å²) in [7, 11) is -4.45. The third-order valence-corrected chi connectivity index (χ3v) is 6.84. The van der Waals surface area contributed by atoms with E-state index in [2.05, 4.69) is 4.98 Å². The molecule has 1 unspecified atom stereocenters. The maximum atomic E-state index is 12.9. The van der Waals surface area contributed by atoms with E-state index in [1.54, 1.807) is 38.1 Å². The Balaban J connectivity index is 2.10. The Labute approximate surface area is 167 Å². The van der Waals surface area contributed by atoms with Crippen LogP contribution in [0.4, 0.5) is 0 Å². The van der Waals surface area contributed by atoms with Gasteiger partial charge in [-0.25, -0.2) is 8.42 Å². The van der Waals surface area contributed by atoms with Crippen LogP contribution in [0.1, 0.15) is 32.0 Å². The molecule has 0 aliphatic carbocycles. The minimum atomic E-state index is -3.37.